The largest absolute Gasteiger partial charge is 0.387 e. The highest BCUT2D eigenvalue weighted by molar-refractivity contribution is 5.03. The topological polar surface area (TPSA) is 32.3 Å². The van der Waals surface area contributed by atoms with Gasteiger partial charge in [0.15, 0.2) is 0 Å². The van der Waals surface area contributed by atoms with Crippen LogP contribution in [0.15, 0.2) is 12.2 Å². The van der Waals surface area contributed by atoms with Gasteiger partial charge in [-0.3, -0.25) is 0 Å². The summed E-state index contributed by atoms with van der Waals surface area (Å²) in [4.78, 5) is 0. The molecule has 10 heavy (non-hydrogen) atoms. The van der Waals surface area contributed by atoms with Gasteiger partial charge in [0.05, 0.1) is 6.10 Å². The first-order chi connectivity index (χ1) is 4.72. The molecule has 2 atom stereocenters. The van der Waals surface area contributed by atoms with Crippen molar-refractivity contribution in [2.75, 3.05) is 6.54 Å². The van der Waals surface area contributed by atoms with Gasteiger partial charge in [-0.25, -0.2) is 0 Å². The lowest BCUT2D eigenvalue weighted by Crippen LogP contribution is -2.35. The van der Waals surface area contributed by atoms with Crippen LogP contribution in [0.2, 0.25) is 0 Å². The van der Waals surface area contributed by atoms with Crippen LogP contribution in [0.5, 0.6) is 0 Å². The normalized spacial score (nSPS) is 28.4. The van der Waals surface area contributed by atoms with Crippen molar-refractivity contribution in [1.29, 1.82) is 0 Å². The van der Waals surface area contributed by atoms with E-state index >= 15 is 0 Å². The Morgan fingerprint density at radius 3 is 2.90 bits per heavy atom. The molecule has 58 valence electrons. The van der Waals surface area contributed by atoms with Crippen LogP contribution >= 0.6 is 0 Å². The zero-order valence-corrected chi connectivity index (χ0v) is 6.43. The van der Waals surface area contributed by atoms with Crippen molar-refractivity contribution in [2.45, 2.75) is 31.9 Å². The van der Waals surface area contributed by atoms with Crippen LogP contribution in [0, 0.1) is 0 Å². The van der Waals surface area contributed by atoms with E-state index in [0.717, 1.165) is 18.5 Å². The zero-order chi connectivity index (χ0) is 7.56. The predicted molar refractivity (Wildman–Crippen MR) is 41.8 cm³/mol. The van der Waals surface area contributed by atoms with Gasteiger partial charge in [0.2, 0.25) is 0 Å². The van der Waals surface area contributed by atoms with E-state index in [1.807, 2.05) is 6.92 Å². The van der Waals surface area contributed by atoms with Crippen molar-refractivity contribution in [3.05, 3.63) is 12.2 Å². The quantitative estimate of drug-likeness (QED) is 0.554. The molecule has 1 aliphatic rings. The van der Waals surface area contributed by atoms with E-state index in [9.17, 15) is 5.11 Å². The Balaban J connectivity index is 2.39. The number of hydrogen-bond acceptors (Lipinski definition) is 2. The van der Waals surface area contributed by atoms with Gasteiger partial charge < -0.3 is 10.4 Å². The fourth-order valence-corrected chi connectivity index (χ4v) is 1.32. The third-order valence-corrected chi connectivity index (χ3v) is 1.98. The maximum Gasteiger partial charge on any atom is 0.0897 e. The minimum Gasteiger partial charge on any atom is -0.387 e. The molecule has 0 aromatic rings. The number of aliphatic hydroxyl groups excluding tert-OH is 1. The summed E-state index contributed by atoms with van der Waals surface area (Å²) in [5.41, 5.74) is 0.861. The predicted octanol–water partition coefficient (Wildman–Crippen LogP) is 0.675. The summed E-state index contributed by atoms with van der Waals surface area (Å²) in [5.74, 6) is 0. The molecule has 0 aromatic carbocycles. The Bertz CT molecular complexity index is 127. The lowest BCUT2D eigenvalue weighted by Gasteiger charge is -2.17. The number of hydrogen-bond donors (Lipinski definition) is 2. The van der Waals surface area contributed by atoms with Gasteiger partial charge in [-0.05, 0) is 26.3 Å². The molecular weight excluding hydrogens is 126 g/mol. The summed E-state index contributed by atoms with van der Waals surface area (Å²) < 4.78 is 0. The fourth-order valence-electron chi connectivity index (χ4n) is 1.32. The minimum absolute atomic E-state index is 0.262. The summed E-state index contributed by atoms with van der Waals surface area (Å²) in [6, 6.07) is 0.262. The van der Waals surface area contributed by atoms with Gasteiger partial charge in [-0.1, -0.05) is 12.2 Å². The molecule has 0 amide bonds. The molecule has 1 unspecified atom stereocenters. The molecule has 2 N–H and O–H groups in total. The molecule has 2 nitrogen and oxygen atoms in total. The van der Waals surface area contributed by atoms with Crippen molar-refractivity contribution >= 4 is 0 Å². The fraction of sp³-hybridized carbons (Fsp3) is 0.750. The van der Waals surface area contributed by atoms with Crippen LogP contribution in [0.4, 0.5) is 0 Å². The third-order valence-electron chi connectivity index (χ3n) is 1.98. The Hall–Kier alpha value is -0.340. The zero-order valence-electron chi connectivity index (χ0n) is 6.43. The van der Waals surface area contributed by atoms with Crippen molar-refractivity contribution < 1.29 is 5.11 Å². The highest BCUT2D eigenvalue weighted by Crippen LogP contribution is 2.13. The van der Waals surface area contributed by atoms with Gasteiger partial charge in [0.1, 0.15) is 0 Å². The molecule has 1 fully saturated rings. The van der Waals surface area contributed by atoms with Crippen LogP contribution in [-0.4, -0.2) is 23.8 Å². The highest BCUT2D eigenvalue weighted by atomic mass is 16.3. The van der Waals surface area contributed by atoms with E-state index in [-0.39, 0.29) is 12.1 Å². The van der Waals surface area contributed by atoms with Crippen molar-refractivity contribution in [3.63, 3.8) is 0 Å². The first-order valence-corrected chi connectivity index (χ1v) is 3.78. The van der Waals surface area contributed by atoms with Crippen molar-refractivity contribution in [1.82, 2.24) is 5.32 Å². The van der Waals surface area contributed by atoms with Crippen LogP contribution in [-0.2, 0) is 0 Å². The van der Waals surface area contributed by atoms with Gasteiger partial charge in [0, 0.05) is 6.04 Å². The van der Waals surface area contributed by atoms with E-state index in [1.54, 1.807) is 0 Å². The third kappa shape index (κ3) is 1.58. The molecule has 1 aliphatic heterocycles. The van der Waals surface area contributed by atoms with Gasteiger partial charge in [-0.15, -0.1) is 0 Å². The van der Waals surface area contributed by atoms with Crippen LogP contribution in [0.3, 0.4) is 0 Å². The SMILES string of the molecule is C=C(C)C(O)[C@@H]1CCCN1. The van der Waals surface area contributed by atoms with Crippen molar-refractivity contribution in [3.8, 4) is 0 Å². The molecule has 0 radical (unpaired) electrons. The average Bonchev–Trinajstić information content (AvgIpc) is 2.36. The number of aliphatic hydroxyl groups is 1. The molecule has 1 heterocycles. The van der Waals surface area contributed by atoms with Crippen molar-refractivity contribution in [2.24, 2.45) is 0 Å². The second kappa shape index (κ2) is 3.17. The second-order valence-electron chi connectivity index (χ2n) is 2.99. The van der Waals surface area contributed by atoms with E-state index < -0.39 is 0 Å². The molecular formula is C8H15NO. The first-order valence-electron chi connectivity index (χ1n) is 3.78. The molecule has 0 aromatic heterocycles. The summed E-state index contributed by atoms with van der Waals surface area (Å²) in [5, 5.41) is 12.7. The maximum absolute atomic E-state index is 9.46. The minimum atomic E-state index is -0.345. The maximum atomic E-state index is 9.46. The van der Waals surface area contributed by atoms with Crippen LogP contribution in [0.25, 0.3) is 0 Å². The second-order valence-corrected chi connectivity index (χ2v) is 2.99. The summed E-state index contributed by atoms with van der Waals surface area (Å²) in [6.45, 7) is 6.61. The Morgan fingerprint density at radius 1 is 1.80 bits per heavy atom. The highest BCUT2D eigenvalue weighted by Gasteiger charge is 2.22. The first kappa shape index (κ1) is 7.76. The number of rotatable bonds is 2. The lowest BCUT2D eigenvalue weighted by atomic mass is 10.0. The van der Waals surface area contributed by atoms with E-state index in [0.29, 0.717) is 0 Å². The molecule has 1 saturated heterocycles. The monoisotopic (exact) mass is 141 g/mol. The molecule has 2 heteroatoms. The molecule has 0 bridgehead atoms. The van der Waals surface area contributed by atoms with Gasteiger partial charge in [-0.2, -0.15) is 0 Å². The summed E-state index contributed by atoms with van der Waals surface area (Å²) in [7, 11) is 0. The van der Waals surface area contributed by atoms with E-state index in [1.165, 1.54) is 6.42 Å². The molecule has 0 aliphatic carbocycles. The average molecular weight is 141 g/mol. The van der Waals surface area contributed by atoms with Gasteiger partial charge >= 0.3 is 0 Å². The van der Waals surface area contributed by atoms with E-state index in [2.05, 4.69) is 11.9 Å². The molecule has 1 rings (SSSR count). The smallest absolute Gasteiger partial charge is 0.0897 e. The number of nitrogens with one attached hydrogen (secondary N) is 1. The Kier molecular flexibility index (Phi) is 2.46. The Morgan fingerprint density at radius 2 is 2.50 bits per heavy atom. The standard InChI is InChI=1S/C8H15NO/c1-6(2)8(10)7-4-3-5-9-7/h7-10H,1,3-5H2,2H3/t7-,8?/m0/s1. The lowest BCUT2D eigenvalue weighted by molar-refractivity contribution is 0.170. The summed E-state index contributed by atoms with van der Waals surface area (Å²) in [6.07, 6.45) is 1.91. The van der Waals surface area contributed by atoms with Crippen LogP contribution < -0.4 is 5.32 Å². The molecule has 0 saturated carbocycles. The van der Waals surface area contributed by atoms with E-state index in [4.69, 9.17) is 0 Å². The summed E-state index contributed by atoms with van der Waals surface area (Å²) >= 11 is 0. The molecule has 0 spiro atoms. The van der Waals surface area contributed by atoms with Crippen LogP contribution in [0.1, 0.15) is 19.8 Å². The Labute approximate surface area is 61.9 Å². The van der Waals surface area contributed by atoms with Gasteiger partial charge in [0.25, 0.3) is 0 Å².